The Balaban J connectivity index is 3.17. The van der Waals surface area contributed by atoms with Crippen LogP contribution in [0.25, 0.3) is 0 Å². The van der Waals surface area contributed by atoms with Gasteiger partial charge < -0.3 is 14.2 Å². The number of alkyl halides is 6. The molecule has 0 radical (unpaired) electrons. The topological polar surface area (TPSA) is 226 Å². The number of hydrogen-bond acceptors (Lipinski definition) is 14. The summed E-state index contributed by atoms with van der Waals surface area (Å²) in [6.45, 7) is 0. The van der Waals surface area contributed by atoms with Gasteiger partial charge in [0, 0.05) is 19.3 Å². The Labute approximate surface area is 199 Å². The van der Waals surface area contributed by atoms with Crippen molar-refractivity contribution in [3.8, 4) is 0 Å². The molecular formula is C12H12F6O15S3. The van der Waals surface area contributed by atoms with Crippen molar-refractivity contribution in [1.29, 1.82) is 0 Å². The number of ether oxygens (including phenoxy) is 3. The Bertz CT molecular complexity index is 996. The lowest BCUT2D eigenvalue weighted by Gasteiger charge is -2.34. The summed E-state index contributed by atoms with van der Waals surface area (Å²) < 4.78 is 156. The molecule has 1 fully saturated rings. The summed E-state index contributed by atoms with van der Waals surface area (Å²) in [5, 5.41) is -5.16. The van der Waals surface area contributed by atoms with Gasteiger partial charge in [-0.05, 0) is 0 Å². The fourth-order valence-electron chi connectivity index (χ4n) is 2.42. The first-order valence-electron chi connectivity index (χ1n) is 8.43. The van der Waals surface area contributed by atoms with Gasteiger partial charge in [-0.2, -0.15) is 43.2 Å². The molecule has 1 aliphatic carbocycles. The maximum atomic E-state index is 13.6. The molecule has 0 heterocycles. The first-order chi connectivity index (χ1) is 16.1. The van der Waals surface area contributed by atoms with Gasteiger partial charge in [-0.15, -0.1) is 4.33 Å². The molecule has 3 N–H and O–H groups in total. The van der Waals surface area contributed by atoms with Crippen LogP contribution in [0.2, 0.25) is 0 Å². The molecule has 15 nitrogen and oxygen atoms in total. The van der Waals surface area contributed by atoms with Gasteiger partial charge in [-0.1, -0.05) is 5.04 Å². The molecule has 2 atom stereocenters. The molecule has 36 heavy (non-hydrogen) atoms. The molecule has 24 heteroatoms. The zero-order valence-corrected chi connectivity index (χ0v) is 19.0. The van der Waals surface area contributed by atoms with Gasteiger partial charge in [0.05, 0.1) is 0 Å². The lowest BCUT2D eigenvalue weighted by Crippen LogP contribution is -2.47. The van der Waals surface area contributed by atoms with Crippen LogP contribution in [0.15, 0.2) is 0 Å². The molecule has 0 spiro atoms. The highest BCUT2D eigenvalue weighted by Crippen LogP contribution is 2.35. The van der Waals surface area contributed by atoms with Crippen LogP contribution >= 0.6 is 12.0 Å². The number of rotatable bonds is 11. The monoisotopic (exact) mass is 606 g/mol. The van der Waals surface area contributed by atoms with Crippen molar-refractivity contribution < 1.29 is 95.5 Å². The van der Waals surface area contributed by atoms with Gasteiger partial charge in [0.1, 0.15) is 30.4 Å². The van der Waals surface area contributed by atoms with Crippen LogP contribution in [0.4, 0.5) is 26.3 Å². The van der Waals surface area contributed by atoms with E-state index in [2.05, 4.69) is 23.6 Å². The average molecular weight is 606 g/mol. The Morgan fingerprint density at radius 2 is 1.00 bits per heavy atom. The molecule has 0 aromatic carbocycles. The number of hydrogen-bond donors (Lipinski definition) is 3. The fraction of sp³-hybridized carbons (Fsp3) is 0.750. The quantitative estimate of drug-likeness (QED) is 0.0554. The van der Waals surface area contributed by atoms with Crippen LogP contribution in [-0.2, 0) is 58.2 Å². The van der Waals surface area contributed by atoms with Gasteiger partial charge in [-0.3, -0.25) is 9.11 Å². The second-order valence-corrected chi connectivity index (χ2v) is 10.3. The lowest BCUT2D eigenvalue weighted by molar-refractivity contribution is -0.433. The normalized spacial score (nSPS) is 22.0. The van der Waals surface area contributed by atoms with Crippen LogP contribution in [0, 0.1) is 0 Å². The van der Waals surface area contributed by atoms with E-state index in [1.807, 2.05) is 0 Å². The molecule has 1 aliphatic rings. The minimum atomic E-state index is -6.40. The van der Waals surface area contributed by atoms with Crippen molar-refractivity contribution >= 4 is 50.2 Å². The lowest BCUT2D eigenvalue weighted by atomic mass is 9.92. The molecule has 0 aliphatic heterocycles. The van der Waals surface area contributed by atoms with Crippen molar-refractivity contribution in [2.75, 3.05) is 0 Å². The minimum absolute atomic E-state index is 1.03. The van der Waals surface area contributed by atoms with E-state index in [-0.39, 0.29) is 0 Å². The molecule has 1 rings (SSSR count). The van der Waals surface area contributed by atoms with Gasteiger partial charge in [0.25, 0.3) is 0 Å². The third-order valence-corrected chi connectivity index (χ3v) is 6.06. The highest BCUT2D eigenvalue weighted by Gasteiger charge is 2.57. The second kappa shape index (κ2) is 11.2. The van der Waals surface area contributed by atoms with Gasteiger partial charge >= 0.3 is 53.9 Å². The van der Waals surface area contributed by atoms with E-state index in [0.717, 1.165) is 0 Å². The zero-order chi connectivity index (χ0) is 28.3. The fourth-order valence-corrected chi connectivity index (χ4v) is 3.17. The third-order valence-electron chi connectivity index (χ3n) is 3.93. The predicted molar refractivity (Wildman–Crippen MR) is 93.8 cm³/mol. The van der Waals surface area contributed by atoms with Crippen LogP contribution < -0.4 is 0 Å². The van der Waals surface area contributed by atoms with Crippen molar-refractivity contribution in [3.05, 3.63) is 0 Å². The van der Waals surface area contributed by atoms with Crippen LogP contribution in [0.5, 0.6) is 0 Å². The standard InChI is InChI=1S/C12H12F6O15S3/c13-10(14,34-33-32-22)7(19)29-4-1-5(30-8(20)11(15,16)35(23,24)25)3-6(2-4)31-9(21)12(17,18)36(26,27)28/h4-6,22H,1-3H2,(H,23,24,25)(H,26,27,28). The summed E-state index contributed by atoms with van der Waals surface area (Å²) in [4.78, 5) is 34.5. The largest absolute Gasteiger partial charge is 0.465 e. The van der Waals surface area contributed by atoms with Gasteiger partial charge in [0.2, 0.25) is 0 Å². The summed E-state index contributed by atoms with van der Waals surface area (Å²) >= 11 is -1.13. The van der Waals surface area contributed by atoms with Crippen LogP contribution in [-0.4, -0.2) is 83.2 Å². The van der Waals surface area contributed by atoms with E-state index in [4.69, 9.17) is 14.4 Å². The number of esters is 3. The van der Waals surface area contributed by atoms with Crippen LogP contribution in [0.3, 0.4) is 0 Å². The molecule has 2 unspecified atom stereocenters. The minimum Gasteiger partial charge on any atom is -0.457 e. The van der Waals surface area contributed by atoms with Gasteiger partial charge in [-0.25, -0.2) is 19.6 Å². The Morgan fingerprint density at radius 3 is 1.28 bits per heavy atom. The number of halogens is 6. The van der Waals surface area contributed by atoms with E-state index in [1.54, 1.807) is 0 Å². The Morgan fingerprint density at radius 1 is 0.694 bits per heavy atom. The molecule has 1 saturated carbocycles. The summed E-state index contributed by atoms with van der Waals surface area (Å²) in [6, 6.07) is 0. The molecule has 0 bridgehead atoms. The second-order valence-electron chi connectivity index (χ2n) is 6.52. The highest BCUT2D eigenvalue weighted by atomic mass is 32.2. The first-order valence-corrected chi connectivity index (χ1v) is 12.0. The SMILES string of the molecule is O=C(OC1CC(OC(=O)C(F)(F)S(=O)(=O)O)CC(OC(=O)C(F)(F)S(=O)(=O)O)C1)C(F)(F)SOOO. The third kappa shape index (κ3) is 7.77. The van der Waals surface area contributed by atoms with E-state index in [0.29, 0.717) is 0 Å². The van der Waals surface area contributed by atoms with Gasteiger partial charge in [0.15, 0.2) is 0 Å². The number of carbonyl (C=O) groups is 3. The Hall–Kier alpha value is -1.96. The van der Waals surface area contributed by atoms with Crippen molar-refractivity contribution in [1.82, 2.24) is 0 Å². The summed E-state index contributed by atoms with van der Waals surface area (Å²) in [7, 11) is -12.8. The summed E-state index contributed by atoms with van der Waals surface area (Å²) in [5.74, 6) is -8.45. The molecule has 0 amide bonds. The smallest absolute Gasteiger partial charge is 0.457 e. The van der Waals surface area contributed by atoms with E-state index in [9.17, 15) is 57.6 Å². The van der Waals surface area contributed by atoms with Crippen LogP contribution in [0.1, 0.15) is 19.3 Å². The molecule has 0 aromatic heterocycles. The maximum Gasteiger partial charge on any atom is 0.465 e. The predicted octanol–water partition coefficient (Wildman–Crippen LogP) is 0.529. The maximum absolute atomic E-state index is 13.6. The highest BCUT2D eigenvalue weighted by molar-refractivity contribution is 7.96. The van der Waals surface area contributed by atoms with Crippen molar-refractivity contribution in [2.45, 2.75) is 53.3 Å². The zero-order valence-electron chi connectivity index (χ0n) is 16.6. The van der Waals surface area contributed by atoms with Crippen molar-refractivity contribution in [3.63, 3.8) is 0 Å². The number of carbonyl (C=O) groups excluding carboxylic acids is 3. The van der Waals surface area contributed by atoms with E-state index in [1.165, 1.54) is 0 Å². The summed E-state index contributed by atoms with van der Waals surface area (Å²) in [5.41, 5.74) is 0. The first kappa shape index (κ1) is 32.1. The Kier molecular flexibility index (Phi) is 9.97. The molecule has 0 saturated heterocycles. The molecule has 0 aromatic rings. The molecular weight excluding hydrogens is 594 g/mol. The van der Waals surface area contributed by atoms with E-state index < -0.39 is 104 Å². The van der Waals surface area contributed by atoms with E-state index >= 15 is 0 Å². The molecule has 210 valence electrons. The average Bonchev–Trinajstić information content (AvgIpc) is 2.70. The van der Waals surface area contributed by atoms with Crippen molar-refractivity contribution in [2.24, 2.45) is 0 Å². The summed E-state index contributed by atoms with van der Waals surface area (Å²) in [6.07, 6.45) is -9.53.